The highest BCUT2D eigenvalue weighted by Gasteiger charge is 2.13. The van der Waals surface area contributed by atoms with Crippen LogP contribution >= 0.6 is 11.8 Å². The molecule has 4 rings (SSSR count). The van der Waals surface area contributed by atoms with E-state index in [-0.39, 0.29) is 11.7 Å². The minimum atomic E-state index is -0.183. The quantitative estimate of drug-likeness (QED) is 0.307. The Labute approximate surface area is 184 Å². The summed E-state index contributed by atoms with van der Waals surface area (Å²) in [5.41, 5.74) is 3.06. The summed E-state index contributed by atoms with van der Waals surface area (Å²) in [6, 6.07) is 18.8. The van der Waals surface area contributed by atoms with Crippen LogP contribution in [0, 0.1) is 6.92 Å². The van der Waals surface area contributed by atoms with Crippen LogP contribution in [-0.2, 0) is 5.75 Å². The summed E-state index contributed by atoms with van der Waals surface area (Å²) in [4.78, 5) is 24.1. The first-order valence-electron chi connectivity index (χ1n) is 10.0. The number of hydrogen-bond donors (Lipinski definition) is 1. The molecule has 0 aliphatic rings. The molecule has 0 atom stereocenters. The summed E-state index contributed by atoms with van der Waals surface area (Å²) < 4.78 is 11.6. The molecular weight excluding hydrogens is 410 g/mol. The Kier molecular flexibility index (Phi) is 6.23. The largest absolute Gasteiger partial charge is 0.491 e. The van der Waals surface area contributed by atoms with Crippen LogP contribution in [0.1, 0.15) is 25.3 Å². The number of ether oxygens (including phenoxy) is 1. The Bertz CT molecular complexity index is 1220. The molecule has 4 aromatic rings. The molecule has 0 amide bonds. The van der Waals surface area contributed by atoms with Gasteiger partial charge in [0, 0.05) is 22.9 Å². The highest BCUT2D eigenvalue weighted by Crippen LogP contribution is 2.28. The molecule has 0 aliphatic heterocycles. The van der Waals surface area contributed by atoms with E-state index in [4.69, 9.17) is 9.15 Å². The molecule has 0 saturated carbocycles. The molecule has 0 unspecified atom stereocenters. The van der Waals surface area contributed by atoms with Gasteiger partial charge in [-0.2, -0.15) is 0 Å². The van der Waals surface area contributed by atoms with Crippen LogP contribution in [0.25, 0.3) is 22.7 Å². The van der Waals surface area contributed by atoms with Crippen molar-refractivity contribution in [1.29, 1.82) is 0 Å². The number of benzene rings is 2. The van der Waals surface area contributed by atoms with Crippen molar-refractivity contribution in [1.82, 2.24) is 15.0 Å². The number of aryl methyl sites for hydroxylation is 1. The average Bonchev–Trinajstić information content (AvgIpc) is 3.13. The van der Waals surface area contributed by atoms with Gasteiger partial charge in [-0.05, 0) is 45.0 Å². The Morgan fingerprint density at radius 1 is 1.03 bits per heavy atom. The first-order chi connectivity index (χ1) is 15.0. The van der Waals surface area contributed by atoms with Gasteiger partial charge in [0.15, 0.2) is 5.16 Å². The fourth-order valence-electron chi connectivity index (χ4n) is 3.03. The van der Waals surface area contributed by atoms with Gasteiger partial charge in [0.1, 0.15) is 11.5 Å². The van der Waals surface area contributed by atoms with E-state index in [0.29, 0.717) is 22.5 Å². The van der Waals surface area contributed by atoms with Crippen molar-refractivity contribution in [2.45, 2.75) is 37.8 Å². The predicted molar refractivity (Wildman–Crippen MR) is 122 cm³/mol. The van der Waals surface area contributed by atoms with E-state index in [1.165, 1.54) is 17.8 Å². The van der Waals surface area contributed by atoms with Gasteiger partial charge in [0.25, 0.3) is 5.56 Å². The monoisotopic (exact) mass is 433 g/mol. The second-order valence-corrected chi connectivity index (χ2v) is 8.27. The van der Waals surface area contributed by atoms with Crippen molar-refractivity contribution in [3.05, 3.63) is 82.5 Å². The van der Waals surface area contributed by atoms with Gasteiger partial charge in [-0.3, -0.25) is 4.79 Å². The summed E-state index contributed by atoms with van der Waals surface area (Å²) in [7, 11) is 0. The summed E-state index contributed by atoms with van der Waals surface area (Å²) in [6.07, 6.45) is 0.124. The average molecular weight is 434 g/mol. The molecule has 2 aromatic carbocycles. The van der Waals surface area contributed by atoms with Crippen molar-refractivity contribution >= 4 is 11.8 Å². The van der Waals surface area contributed by atoms with Crippen LogP contribution in [0.4, 0.5) is 0 Å². The summed E-state index contributed by atoms with van der Waals surface area (Å²) in [5, 5.41) is 0.547. The van der Waals surface area contributed by atoms with Crippen molar-refractivity contribution in [2.24, 2.45) is 0 Å². The predicted octanol–water partition coefficient (Wildman–Crippen LogP) is 5.48. The lowest BCUT2D eigenvalue weighted by Gasteiger charge is -2.09. The van der Waals surface area contributed by atoms with E-state index in [1.807, 2.05) is 75.4 Å². The first-order valence-corrected chi connectivity index (χ1v) is 11.0. The normalized spacial score (nSPS) is 11.1. The smallest absolute Gasteiger partial charge is 0.252 e. The molecule has 6 nitrogen and oxygen atoms in total. The molecule has 0 bridgehead atoms. The third kappa shape index (κ3) is 5.24. The van der Waals surface area contributed by atoms with Crippen molar-refractivity contribution in [2.75, 3.05) is 0 Å². The van der Waals surface area contributed by atoms with Crippen LogP contribution in [0.3, 0.4) is 0 Å². The van der Waals surface area contributed by atoms with E-state index in [1.54, 1.807) is 0 Å². The maximum absolute atomic E-state index is 12.1. The Balaban J connectivity index is 1.49. The van der Waals surface area contributed by atoms with E-state index < -0.39 is 0 Å². The lowest BCUT2D eigenvalue weighted by Crippen LogP contribution is -2.08. The SMILES string of the molecule is Cc1oc(-c2ccc(OC(C)C)cc2)nc1CSc1nc(-c2ccccc2)cc(=O)[nH]1. The van der Waals surface area contributed by atoms with Gasteiger partial charge in [-0.25, -0.2) is 9.97 Å². The zero-order valence-electron chi connectivity index (χ0n) is 17.6. The summed E-state index contributed by atoms with van der Waals surface area (Å²) >= 11 is 1.42. The number of thioether (sulfide) groups is 1. The zero-order chi connectivity index (χ0) is 21.8. The van der Waals surface area contributed by atoms with E-state index >= 15 is 0 Å². The Morgan fingerprint density at radius 2 is 1.77 bits per heavy atom. The molecule has 1 N–H and O–H groups in total. The number of aromatic nitrogens is 3. The van der Waals surface area contributed by atoms with Gasteiger partial charge >= 0.3 is 0 Å². The second kappa shape index (κ2) is 9.22. The number of H-pyrrole nitrogens is 1. The van der Waals surface area contributed by atoms with Crippen molar-refractivity contribution in [3.8, 4) is 28.5 Å². The summed E-state index contributed by atoms with van der Waals surface area (Å²) in [5.74, 6) is 2.65. The van der Waals surface area contributed by atoms with Gasteiger partial charge in [-0.15, -0.1) is 0 Å². The van der Waals surface area contributed by atoms with Crippen LogP contribution in [0.5, 0.6) is 5.75 Å². The lowest BCUT2D eigenvalue weighted by molar-refractivity contribution is 0.242. The molecule has 7 heteroatoms. The molecule has 2 heterocycles. The van der Waals surface area contributed by atoms with Gasteiger partial charge in [0.2, 0.25) is 5.89 Å². The van der Waals surface area contributed by atoms with Crippen LogP contribution < -0.4 is 10.3 Å². The fourth-order valence-corrected chi connectivity index (χ4v) is 3.91. The number of rotatable bonds is 7. The zero-order valence-corrected chi connectivity index (χ0v) is 18.4. The third-order valence-electron chi connectivity index (χ3n) is 4.50. The number of oxazole rings is 1. The molecule has 0 aliphatic carbocycles. The molecule has 0 radical (unpaired) electrons. The molecule has 0 saturated heterocycles. The Hall–Kier alpha value is -3.32. The van der Waals surface area contributed by atoms with Crippen molar-refractivity contribution in [3.63, 3.8) is 0 Å². The maximum Gasteiger partial charge on any atom is 0.252 e. The molecule has 2 aromatic heterocycles. The van der Waals surface area contributed by atoms with Gasteiger partial charge < -0.3 is 14.1 Å². The van der Waals surface area contributed by atoms with Crippen LogP contribution in [-0.4, -0.2) is 21.1 Å². The minimum absolute atomic E-state index is 0.124. The maximum atomic E-state index is 12.1. The second-order valence-electron chi connectivity index (χ2n) is 7.30. The number of nitrogens with one attached hydrogen (secondary N) is 1. The Morgan fingerprint density at radius 3 is 2.48 bits per heavy atom. The van der Waals surface area contributed by atoms with E-state index in [9.17, 15) is 4.79 Å². The number of nitrogens with zero attached hydrogens (tertiary/aromatic N) is 2. The lowest BCUT2D eigenvalue weighted by atomic mass is 10.1. The topological polar surface area (TPSA) is 81.0 Å². The standard InChI is InChI=1S/C24H23N3O3S/c1-15(2)29-19-11-9-18(10-12-19)23-25-21(16(3)30-23)14-31-24-26-20(13-22(28)27-24)17-7-5-4-6-8-17/h4-13,15H,14H2,1-3H3,(H,26,27,28). The highest BCUT2D eigenvalue weighted by molar-refractivity contribution is 7.98. The van der Waals surface area contributed by atoms with Crippen molar-refractivity contribution < 1.29 is 9.15 Å². The number of hydrogen-bond acceptors (Lipinski definition) is 6. The fraction of sp³-hybridized carbons (Fsp3) is 0.208. The summed E-state index contributed by atoms with van der Waals surface area (Å²) in [6.45, 7) is 5.87. The third-order valence-corrected chi connectivity index (χ3v) is 5.39. The van der Waals surface area contributed by atoms with Gasteiger partial charge in [-0.1, -0.05) is 42.1 Å². The molecular formula is C24H23N3O3S. The molecule has 158 valence electrons. The highest BCUT2D eigenvalue weighted by atomic mass is 32.2. The first kappa shape index (κ1) is 20.9. The van der Waals surface area contributed by atoms with Crippen LogP contribution in [0.2, 0.25) is 0 Å². The number of aromatic amines is 1. The molecule has 0 fully saturated rings. The van der Waals surface area contributed by atoms with Crippen LogP contribution in [0.15, 0.2) is 75.0 Å². The van der Waals surface area contributed by atoms with E-state index in [0.717, 1.165) is 28.3 Å². The van der Waals surface area contributed by atoms with Gasteiger partial charge in [0.05, 0.1) is 17.5 Å². The molecule has 31 heavy (non-hydrogen) atoms. The molecule has 0 spiro atoms. The minimum Gasteiger partial charge on any atom is -0.491 e. The van der Waals surface area contributed by atoms with E-state index in [2.05, 4.69) is 15.0 Å².